The van der Waals surface area contributed by atoms with E-state index in [1.165, 1.54) is 54.6 Å². The Morgan fingerprint density at radius 2 is 0.938 bits per heavy atom. The fourth-order valence-corrected chi connectivity index (χ4v) is 3.16. The van der Waals surface area contributed by atoms with Gasteiger partial charge in [-0.25, -0.2) is 8.78 Å². The van der Waals surface area contributed by atoms with E-state index in [0.29, 0.717) is 16.7 Å². The van der Waals surface area contributed by atoms with Gasteiger partial charge in [-0.05, 0) is 78.9 Å². The Morgan fingerprint density at radius 3 is 1.41 bits per heavy atom. The molecule has 0 atom stereocenters. The molecule has 0 unspecified atom stereocenters. The Kier molecular flexibility index (Phi) is 6.00. The Labute approximate surface area is 184 Å². The van der Waals surface area contributed by atoms with E-state index in [4.69, 9.17) is 0 Å². The number of hydrogen-bond acceptors (Lipinski definition) is 2. The minimum Gasteiger partial charge on any atom is -0.289 e. The number of carbonyl (C=O) groups excluding carboxylic acids is 2. The van der Waals surface area contributed by atoms with Crippen LogP contribution in [0.15, 0.2) is 97.1 Å². The quantitative estimate of drug-likeness (QED) is 0.306. The lowest BCUT2D eigenvalue weighted by atomic mass is 9.95. The summed E-state index contributed by atoms with van der Waals surface area (Å²) in [5.41, 5.74) is 2.35. The first kappa shape index (κ1) is 20.9. The molecular weight excluding hydrogens is 406 g/mol. The highest BCUT2D eigenvalue weighted by Gasteiger charge is 2.16. The fraction of sp³-hybridized carbons (Fsp3) is 0. The number of carbonyl (C=O) groups is 2. The minimum atomic E-state index is -0.448. The summed E-state index contributed by atoms with van der Waals surface area (Å²) in [5, 5.41) is 0. The summed E-state index contributed by atoms with van der Waals surface area (Å²) >= 11 is 0. The van der Waals surface area contributed by atoms with Gasteiger partial charge in [0.2, 0.25) is 0 Å². The van der Waals surface area contributed by atoms with Crippen LogP contribution in [0, 0.1) is 23.5 Å². The average Bonchev–Trinajstić information content (AvgIpc) is 2.83. The van der Waals surface area contributed by atoms with E-state index in [1.54, 1.807) is 12.1 Å². The van der Waals surface area contributed by atoms with Crippen LogP contribution >= 0.6 is 0 Å². The lowest BCUT2D eigenvalue weighted by molar-refractivity contribution is 0.103. The van der Waals surface area contributed by atoms with Crippen LogP contribution in [-0.4, -0.2) is 11.6 Å². The highest BCUT2D eigenvalue weighted by molar-refractivity contribution is 6.13. The molecule has 4 aromatic rings. The highest BCUT2D eigenvalue weighted by atomic mass is 19.1. The van der Waals surface area contributed by atoms with E-state index in [0.717, 1.165) is 5.56 Å². The van der Waals surface area contributed by atoms with Crippen LogP contribution in [0.4, 0.5) is 8.78 Å². The summed E-state index contributed by atoms with van der Waals surface area (Å²) in [4.78, 5) is 26.0. The largest absolute Gasteiger partial charge is 0.289 e. The van der Waals surface area contributed by atoms with E-state index >= 15 is 0 Å². The molecule has 32 heavy (non-hydrogen) atoms. The van der Waals surface area contributed by atoms with Gasteiger partial charge in [0.05, 0.1) is 0 Å². The molecule has 0 amide bonds. The molecule has 0 N–H and O–H groups in total. The topological polar surface area (TPSA) is 34.1 Å². The van der Waals surface area contributed by atoms with Gasteiger partial charge in [0, 0.05) is 33.4 Å². The SMILES string of the molecule is O=C(c1ccc(F)cc1)c1cc(C#Cc2ccccc2)cc(C(=O)c2ccc(F)cc2)c1. The maximum absolute atomic E-state index is 13.3. The highest BCUT2D eigenvalue weighted by Crippen LogP contribution is 2.19. The van der Waals surface area contributed by atoms with Crippen molar-refractivity contribution in [1.29, 1.82) is 0 Å². The third-order valence-corrected chi connectivity index (χ3v) is 4.80. The van der Waals surface area contributed by atoms with Crippen LogP contribution in [0.2, 0.25) is 0 Å². The number of rotatable bonds is 4. The van der Waals surface area contributed by atoms with Gasteiger partial charge < -0.3 is 0 Å². The second-order valence-electron chi connectivity index (χ2n) is 7.09. The third-order valence-electron chi connectivity index (χ3n) is 4.80. The van der Waals surface area contributed by atoms with Crippen molar-refractivity contribution in [2.75, 3.05) is 0 Å². The molecule has 154 valence electrons. The van der Waals surface area contributed by atoms with Gasteiger partial charge in [0.15, 0.2) is 11.6 Å². The summed E-state index contributed by atoms with van der Waals surface area (Å²) < 4.78 is 26.5. The van der Waals surface area contributed by atoms with Crippen molar-refractivity contribution >= 4 is 11.6 Å². The Bertz CT molecular complexity index is 1270. The van der Waals surface area contributed by atoms with Gasteiger partial charge in [0.1, 0.15) is 11.6 Å². The maximum Gasteiger partial charge on any atom is 0.193 e. The van der Waals surface area contributed by atoms with E-state index in [1.807, 2.05) is 30.3 Å². The minimum absolute atomic E-state index is 0.252. The zero-order chi connectivity index (χ0) is 22.5. The number of halogens is 2. The van der Waals surface area contributed by atoms with Crippen LogP contribution < -0.4 is 0 Å². The summed E-state index contributed by atoms with van der Waals surface area (Å²) in [7, 11) is 0. The van der Waals surface area contributed by atoms with Crippen LogP contribution in [0.25, 0.3) is 0 Å². The number of ketones is 2. The molecule has 4 rings (SSSR count). The summed E-state index contributed by atoms with van der Waals surface area (Å²) in [6, 6.07) is 24.4. The lowest BCUT2D eigenvalue weighted by Crippen LogP contribution is -2.07. The van der Waals surface area contributed by atoms with E-state index in [2.05, 4.69) is 11.8 Å². The third kappa shape index (κ3) is 4.85. The first-order valence-corrected chi connectivity index (χ1v) is 9.82. The molecule has 0 aliphatic carbocycles. The van der Waals surface area contributed by atoms with Crippen molar-refractivity contribution in [3.8, 4) is 11.8 Å². The fourth-order valence-electron chi connectivity index (χ4n) is 3.16. The van der Waals surface area contributed by atoms with Crippen LogP contribution in [0.3, 0.4) is 0 Å². The van der Waals surface area contributed by atoms with Crippen molar-refractivity contribution in [1.82, 2.24) is 0 Å². The maximum atomic E-state index is 13.3. The lowest BCUT2D eigenvalue weighted by Gasteiger charge is -2.07. The van der Waals surface area contributed by atoms with Crippen molar-refractivity contribution < 1.29 is 18.4 Å². The van der Waals surface area contributed by atoms with Gasteiger partial charge >= 0.3 is 0 Å². The number of hydrogen-bond donors (Lipinski definition) is 0. The van der Waals surface area contributed by atoms with Gasteiger partial charge in [-0.15, -0.1) is 0 Å². The first-order chi connectivity index (χ1) is 15.5. The van der Waals surface area contributed by atoms with Crippen molar-refractivity contribution in [3.63, 3.8) is 0 Å². The zero-order valence-electron chi connectivity index (χ0n) is 16.8. The van der Waals surface area contributed by atoms with E-state index in [9.17, 15) is 18.4 Å². The second-order valence-corrected chi connectivity index (χ2v) is 7.09. The van der Waals surface area contributed by atoms with Crippen LogP contribution in [0.5, 0.6) is 0 Å². The summed E-state index contributed by atoms with van der Waals surface area (Å²) in [6.45, 7) is 0. The molecule has 0 heterocycles. The molecule has 0 radical (unpaired) electrons. The molecular formula is C28H16F2O2. The van der Waals surface area contributed by atoms with Crippen molar-refractivity contribution in [2.45, 2.75) is 0 Å². The molecule has 0 spiro atoms. The average molecular weight is 422 g/mol. The van der Waals surface area contributed by atoms with Crippen LogP contribution in [0.1, 0.15) is 43.0 Å². The van der Waals surface area contributed by atoms with Gasteiger partial charge in [0.25, 0.3) is 0 Å². The molecule has 0 bridgehead atoms. The van der Waals surface area contributed by atoms with E-state index in [-0.39, 0.29) is 22.7 Å². The van der Waals surface area contributed by atoms with Crippen LogP contribution in [-0.2, 0) is 0 Å². The monoisotopic (exact) mass is 422 g/mol. The standard InChI is InChI=1S/C28H16F2O2/c29-25-12-8-21(9-13-25)27(31)23-16-20(7-6-19-4-2-1-3-5-19)17-24(18-23)28(32)22-10-14-26(30)15-11-22/h1-5,8-18H. The summed E-state index contributed by atoms with van der Waals surface area (Å²) in [6.07, 6.45) is 0. The van der Waals surface area contributed by atoms with Gasteiger partial charge in [-0.2, -0.15) is 0 Å². The normalized spacial score (nSPS) is 10.2. The second kappa shape index (κ2) is 9.20. The number of benzene rings is 4. The smallest absolute Gasteiger partial charge is 0.193 e. The molecule has 4 aromatic carbocycles. The zero-order valence-corrected chi connectivity index (χ0v) is 16.8. The van der Waals surface area contributed by atoms with Gasteiger partial charge in [-0.3, -0.25) is 9.59 Å². The van der Waals surface area contributed by atoms with Crippen molar-refractivity contribution in [2.24, 2.45) is 0 Å². The Balaban J connectivity index is 1.78. The molecule has 0 aromatic heterocycles. The van der Waals surface area contributed by atoms with E-state index < -0.39 is 11.6 Å². The molecule has 0 fully saturated rings. The van der Waals surface area contributed by atoms with Crippen molar-refractivity contribution in [3.05, 3.63) is 142 Å². The Morgan fingerprint density at radius 1 is 0.500 bits per heavy atom. The molecule has 0 aliphatic heterocycles. The molecule has 0 saturated heterocycles. The first-order valence-electron chi connectivity index (χ1n) is 9.82. The molecule has 0 aliphatic rings. The predicted octanol–water partition coefficient (Wildman–Crippen LogP) is 5.83. The molecule has 2 nitrogen and oxygen atoms in total. The Hall–Kier alpha value is -4.36. The predicted molar refractivity (Wildman–Crippen MR) is 119 cm³/mol. The molecule has 0 saturated carbocycles. The van der Waals surface area contributed by atoms with Gasteiger partial charge in [-0.1, -0.05) is 30.0 Å². The summed E-state index contributed by atoms with van der Waals surface area (Å²) in [5.74, 6) is 4.40. The molecule has 4 heteroatoms.